The molecule has 0 spiro atoms. The standard InChI is InChI=1S/C18H18ClNO5/c1-4-25-18(22)12-5-7-14(13(19)9-12)20-17(21)11-6-8-15(23-2)16(10-11)24-3/h5-10H,4H2,1-3H3,(H,20,21). The molecule has 2 aromatic rings. The van der Waals surface area contributed by atoms with Crippen molar-refractivity contribution in [2.75, 3.05) is 26.1 Å². The molecule has 0 atom stereocenters. The van der Waals surface area contributed by atoms with Gasteiger partial charge in [0.1, 0.15) is 0 Å². The summed E-state index contributed by atoms with van der Waals surface area (Å²) in [5.74, 6) is 0.128. The molecule has 0 heterocycles. The molecule has 0 aliphatic carbocycles. The highest BCUT2D eigenvalue weighted by atomic mass is 35.5. The lowest BCUT2D eigenvalue weighted by Crippen LogP contribution is -2.13. The van der Waals surface area contributed by atoms with Gasteiger partial charge in [-0.1, -0.05) is 11.6 Å². The van der Waals surface area contributed by atoms with Crippen LogP contribution < -0.4 is 14.8 Å². The first kappa shape index (κ1) is 18.6. The number of nitrogens with one attached hydrogen (secondary N) is 1. The highest BCUT2D eigenvalue weighted by Gasteiger charge is 2.14. The number of hydrogen-bond donors (Lipinski definition) is 1. The predicted molar refractivity (Wildman–Crippen MR) is 94.9 cm³/mol. The Morgan fingerprint density at radius 1 is 1.00 bits per heavy atom. The lowest BCUT2D eigenvalue weighted by Gasteiger charge is -2.11. The van der Waals surface area contributed by atoms with Crippen LogP contribution in [0.5, 0.6) is 11.5 Å². The lowest BCUT2D eigenvalue weighted by molar-refractivity contribution is 0.0526. The number of carbonyl (C=O) groups is 2. The molecule has 1 amide bonds. The molecular weight excluding hydrogens is 346 g/mol. The van der Waals surface area contributed by atoms with E-state index in [0.29, 0.717) is 28.3 Å². The molecule has 2 aromatic carbocycles. The Hall–Kier alpha value is -2.73. The van der Waals surface area contributed by atoms with Gasteiger partial charge in [-0.25, -0.2) is 4.79 Å². The van der Waals surface area contributed by atoms with E-state index in [2.05, 4.69) is 5.32 Å². The van der Waals surface area contributed by atoms with E-state index in [1.165, 1.54) is 26.4 Å². The first-order chi connectivity index (χ1) is 12.0. The minimum atomic E-state index is -0.470. The number of esters is 1. The number of methoxy groups -OCH3 is 2. The number of halogens is 1. The van der Waals surface area contributed by atoms with Gasteiger partial charge in [0.2, 0.25) is 0 Å². The Bertz CT molecular complexity index is 791. The first-order valence-corrected chi connectivity index (χ1v) is 7.88. The quantitative estimate of drug-likeness (QED) is 0.790. The summed E-state index contributed by atoms with van der Waals surface area (Å²) in [6.07, 6.45) is 0. The van der Waals surface area contributed by atoms with Gasteiger partial charge < -0.3 is 19.5 Å². The third-order valence-corrected chi connectivity index (χ3v) is 3.69. The Kier molecular flexibility index (Phi) is 6.25. The first-order valence-electron chi connectivity index (χ1n) is 7.50. The molecule has 0 aliphatic rings. The Morgan fingerprint density at radius 3 is 2.28 bits per heavy atom. The number of amides is 1. The molecule has 0 bridgehead atoms. The maximum absolute atomic E-state index is 12.4. The van der Waals surface area contributed by atoms with Crippen molar-refractivity contribution in [3.63, 3.8) is 0 Å². The third kappa shape index (κ3) is 4.42. The lowest BCUT2D eigenvalue weighted by atomic mass is 10.1. The molecule has 0 radical (unpaired) electrons. The zero-order valence-electron chi connectivity index (χ0n) is 14.1. The van der Waals surface area contributed by atoms with Crippen molar-refractivity contribution in [1.82, 2.24) is 0 Å². The van der Waals surface area contributed by atoms with Crippen LogP contribution in [0.2, 0.25) is 5.02 Å². The van der Waals surface area contributed by atoms with Crippen LogP contribution in [-0.4, -0.2) is 32.7 Å². The van der Waals surface area contributed by atoms with Crippen molar-refractivity contribution >= 4 is 29.2 Å². The average Bonchev–Trinajstić information content (AvgIpc) is 2.62. The molecular formula is C18H18ClNO5. The summed E-state index contributed by atoms with van der Waals surface area (Å²) in [7, 11) is 3.01. The van der Waals surface area contributed by atoms with Crippen LogP contribution in [0.1, 0.15) is 27.6 Å². The summed E-state index contributed by atoms with van der Waals surface area (Å²) in [5, 5.41) is 2.93. The summed E-state index contributed by atoms with van der Waals surface area (Å²) in [6.45, 7) is 1.99. The van der Waals surface area contributed by atoms with E-state index in [9.17, 15) is 9.59 Å². The van der Waals surface area contributed by atoms with E-state index in [-0.39, 0.29) is 17.5 Å². The Morgan fingerprint density at radius 2 is 1.68 bits per heavy atom. The van der Waals surface area contributed by atoms with Crippen molar-refractivity contribution in [2.45, 2.75) is 6.92 Å². The van der Waals surface area contributed by atoms with Gasteiger partial charge in [0, 0.05) is 5.56 Å². The minimum absolute atomic E-state index is 0.236. The summed E-state index contributed by atoms with van der Waals surface area (Å²) in [4.78, 5) is 24.1. The molecule has 6 nitrogen and oxygen atoms in total. The van der Waals surface area contributed by atoms with Crippen molar-refractivity contribution in [3.8, 4) is 11.5 Å². The van der Waals surface area contributed by atoms with Crippen LogP contribution >= 0.6 is 11.6 Å². The Labute approximate surface area is 150 Å². The fourth-order valence-electron chi connectivity index (χ4n) is 2.13. The van der Waals surface area contributed by atoms with Crippen LogP contribution in [-0.2, 0) is 4.74 Å². The maximum Gasteiger partial charge on any atom is 0.338 e. The second-order valence-electron chi connectivity index (χ2n) is 4.94. The molecule has 0 aromatic heterocycles. The number of anilines is 1. The highest BCUT2D eigenvalue weighted by Crippen LogP contribution is 2.29. The van der Waals surface area contributed by atoms with Gasteiger partial charge in [0.15, 0.2) is 11.5 Å². The summed E-state index contributed by atoms with van der Waals surface area (Å²) >= 11 is 6.14. The van der Waals surface area contributed by atoms with Crippen LogP contribution in [0, 0.1) is 0 Å². The molecule has 0 aliphatic heterocycles. The van der Waals surface area contributed by atoms with Gasteiger partial charge in [0.25, 0.3) is 5.91 Å². The van der Waals surface area contributed by atoms with Crippen LogP contribution in [0.15, 0.2) is 36.4 Å². The molecule has 0 unspecified atom stereocenters. The van der Waals surface area contributed by atoms with E-state index in [0.717, 1.165) is 0 Å². The SMILES string of the molecule is CCOC(=O)c1ccc(NC(=O)c2ccc(OC)c(OC)c2)c(Cl)c1. The normalized spacial score (nSPS) is 10.1. The fraction of sp³-hybridized carbons (Fsp3) is 0.222. The van der Waals surface area contributed by atoms with E-state index >= 15 is 0 Å². The zero-order chi connectivity index (χ0) is 18.4. The second-order valence-corrected chi connectivity index (χ2v) is 5.35. The van der Waals surface area contributed by atoms with Gasteiger partial charge in [-0.15, -0.1) is 0 Å². The average molecular weight is 364 g/mol. The number of hydrogen-bond acceptors (Lipinski definition) is 5. The zero-order valence-corrected chi connectivity index (χ0v) is 14.8. The third-order valence-electron chi connectivity index (χ3n) is 3.37. The number of ether oxygens (including phenoxy) is 3. The molecule has 0 saturated carbocycles. The largest absolute Gasteiger partial charge is 0.493 e. The minimum Gasteiger partial charge on any atom is -0.493 e. The Balaban J connectivity index is 2.19. The number of benzene rings is 2. The van der Waals surface area contributed by atoms with Crippen molar-refractivity contribution < 1.29 is 23.8 Å². The van der Waals surface area contributed by atoms with Gasteiger partial charge in [0.05, 0.1) is 37.1 Å². The summed E-state index contributed by atoms with van der Waals surface area (Å²) in [5.41, 5.74) is 1.08. The van der Waals surface area contributed by atoms with Crippen molar-refractivity contribution in [2.24, 2.45) is 0 Å². The summed E-state index contributed by atoms with van der Waals surface area (Å²) in [6, 6.07) is 9.34. The highest BCUT2D eigenvalue weighted by molar-refractivity contribution is 6.34. The maximum atomic E-state index is 12.4. The number of carbonyl (C=O) groups excluding carboxylic acids is 2. The van der Waals surface area contributed by atoms with Crippen LogP contribution in [0.4, 0.5) is 5.69 Å². The molecule has 0 fully saturated rings. The van der Waals surface area contributed by atoms with Gasteiger partial charge in [-0.05, 0) is 43.3 Å². The topological polar surface area (TPSA) is 73.9 Å². The van der Waals surface area contributed by atoms with Crippen molar-refractivity contribution in [3.05, 3.63) is 52.5 Å². The van der Waals surface area contributed by atoms with E-state index in [1.54, 1.807) is 31.2 Å². The molecule has 1 N–H and O–H groups in total. The smallest absolute Gasteiger partial charge is 0.338 e. The van der Waals surface area contributed by atoms with Gasteiger partial charge >= 0.3 is 5.97 Å². The molecule has 7 heteroatoms. The van der Waals surface area contributed by atoms with Gasteiger partial charge in [-0.3, -0.25) is 4.79 Å². The monoisotopic (exact) mass is 363 g/mol. The van der Waals surface area contributed by atoms with Crippen LogP contribution in [0.25, 0.3) is 0 Å². The fourth-order valence-corrected chi connectivity index (χ4v) is 2.36. The molecule has 25 heavy (non-hydrogen) atoms. The second kappa shape index (κ2) is 8.39. The van der Waals surface area contributed by atoms with E-state index in [4.69, 9.17) is 25.8 Å². The molecule has 2 rings (SSSR count). The molecule has 0 saturated heterocycles. The van der Waals surface area contributed by atoms with Crippen molar-refractivity contribution in [1.29, 1.82) is 0 Å². The predicted octanol–water partition coefficient (Wildman–Crippen LogP) is 3.79. The molecule has 132 valence electrons. The summed E-state index contributed by atoms with van der Waals surface area (Å²) < 4.78 is 15.2. The van der Waals surface area contributed by atoms with E-state index < -0.39 is 5.97 Å². The van der Waals surface area contributed by atoms with Gasteiger partial charge in [-0.2, -0.15) is 0 Å². The van der Waals surface area contributed by atoms with Crippen LogP contribution in [0.3, 0.4) is 0 Å². The van der Waals surface area contributed by atoms with E-state index in [1.807, 2.05) is 0 Å². The number of rotatable bonds is 6.